The number of aliphatic hydroxyl groups excluding tert-OH is 1. The maximum absolute atomic E-state index is 11.7. The predicted octanol–water partition coefficient (Wildman–Crippen LogP) is 2.94. The third-order valence-corrected chi connectivity index (χ3v) is 2.74. The minimum absolute atomic E-state index is 0.385. The lowest BCUT2D eigenvalue weighted by Crippen LogP contribution is -2.27. The van der Waals surface area contributed by atoms with E-state index in [1.807, 2.05) is 0 Å². The molecule has 0 saturated heterocycles. The van der Waals surface area contributed by atoms with Gasteiger partial charge in [0, 0.05) is 6.54 Å². The van der Waals surface area contributed by atoms with Crippen LogP contribution >= 0.6 is 11.6 Å². The van der Waals surface area contributed by atoms with Crippen LogP contribution in [0.15, 0.2) is 18.2 Å². The third-order valence-electron chi connectivity index (χ3n) is 2.41. The fourth-order valence-electron chi connectivity index (χ4n) is 1.57. The first-order valence-corrected chi connectivity index (χ1v) is 6.73. The number of halogens is 1. The van der Waals surface area contributed by atoms with Crippen LogP contribution in [0, 0.1) is 0 Å². The largest absolute Gasteiger partial charge is 0.444 e. The van der Waals surface area contributed by atoms with Crippen LogP contribution in [0.25, 0.3) is 0 Å². The first-order chi connectivity index (χ1) is 9.23. The number of benzene rings is 1. The molecule has 1 amide bonds. The molecule has 1 atom stereocenters. The molecule has 3 N–H and O–H groups in total. The summed E-state index contributed by atoms with van der Waals surface area (Å²) in [7, 11) is 1.75. The number of amides is 1. The van der Waals surface area contributed by atoms with Gasteiger partial charge in [0.2, 0.25) is 0 Å². The molecule has 5 nitrogen and oxygen atoms in total. The molecule has 1 rings (SSSR count). The second-order valence-electron chi connectivity index (χ2n) is 5.44. The topological polar surface area (TPSA) is 70.6 Å². The maximum Gasteiger partial charge on any atom is 0.412 e. The van der Waals surface area contributed by atoms with Gasteiger partial charge in [-0.15, -0.1) is 0 Å². The molecule has 1 unspecified atom stereocenters. The zero-order valence-corrected chi connectivity index (χ0v) is 12.9. The van der Waals surface area contributed by atoms with Crippen molar-refractivity contribution in [2.75, 3.05) is 18.9 Å². The molecule has 0 bridgehead atoms. The molecule has 0 saturated carbocycles. The molecule has 0 spiro atoms. The third kappa shape index (κ3) is 5.36. The molecular weight excluding hydrogens is 280 g/mol. The number of anilines is 1. The SMILES string of the molecule is CNCC(O)c1ccc(Cl)c(NC(=O)OC(C)(C)C)c1. The smallest absolute Gasteiger partial charge is 0.412 e. The molecule has 0 heterocycles. The molecule has 0 aromatic heterocycles. The van der Waals surface area contributed by atoms with E-state index in [4.69, 9.17) is 16.3 Å². The number of hydrogen-bond donors (Lipinski definition) is 3. The highest BCUT2D eigenvalue weighted by Crippen LogP contribution is 2.26. The van der Waals surface area contributed by atoms with Gasteiger partial charge >= 0.3 is 6.09 Å². The van der Waals surface area contributed by atoms with E-state index in [1.54, 1.807) is 46.0 Å². The number of carbonyl (C=O) groups is 1. The van der Waals surface area contributed by atoms with Crippen molar-refractivity contribution < 1.29 is 14.6 Å². The first-order valence-electron chi connectivity index (χ1n) is 6.35. The minimum Gasteiger partial charge on any atom is -0.444 e. The maximum atomic E-state index is 11.7. The van der Waals surface area contributed by atoms with Gasteiger partial charge in [-0.25, -0.2) is 4.79 Å². The molecule has 0 radical (unpaired) electrons. The Hall–Kier alpha value is -1.30. The zero-order chi connectivity index (χ0) is 15.3. The quantitative estimate of drug-likeness (QED) is 0.799. The second-order valence-corrected chi connectivity index (χ2v) is 5.85. The molecule has 0 aliphatic heterocycles. The number of likely N-dealkylation sites (N-methyl/N-ethyl adjacent to an activating group) is 1. The summed E-state index contributed by atoms with van der Waals surface area (Å²) >= 11 is 6.03. The molecule has 1 aromatic carbocycles. The predicted molar refractivity (Wildman–Crippen MR) is 80.2 cm³/mol. The van der Waals surface area contributed by atoms with Crippen LogP contribution in [-0.2, 0) is 4.74 Å². The molecule has 0 aliphatic carbocycles. The zero-order valence-electron chi connectivity index (χ0n) is 12.2. The number of ether oxygens (including phenoxy) is 1. The molecule has 0 aliphatic rings. The summed E-state index contributed by atoms with van der Waals surface area (Å²) in [4.78, 5) is 11.7. The van der Waals surface area contributed by atoms with E-state index in [9.17, 15) is 9.90 Å². The van der Waals surface area contributed by atoms with Gasteiger partial charge < -0.3 is 15.2 Å². The lowest BCUT2D eigenvalue weighted by atomic mass is 10.1. The van der Waals surface area contributed by atoms with Crippen LogP contribution < -0.4 is 10.6 Å². The Bertz CT molecular complexity index is 472. The molecule has 6 heteroatoms. The van der Waals surface area contributed by atoms with Gasteiger partial charge in [0.15, 0.2) is 0 Å². The van der Waals surface area contributed by atoms with Crippen molar-refractivity contribution in [1.29, 1.82) is 0 Å². The molecule has 20 heavy (non-hydrogen) atoms. The fourth-order valence-corrected chi connectivity index (χ4v) is 1.74. The van der Waals surface area contributed by atoms with Crippen LogP contribution in [0.5, 0.6) is 0 Å². The van der Waals surface area contributed by atoms with E-state index in [-0.39, 0.29) is 0 Å². The number of nitrogens with one attached hydrogen (secondary N) is 2. The Morgan fingerprint density at radius 2 is 2.10 bits per heavy atom. The van der Waals surface area contributed by atoms with Crippen molar-refractivity contribution in [2.45, 2.75) is 32.5 Å². The highest BCUT2D eigenvalue weighted by Gasteiger charge is 2.17. The van der Waals surface area contributed by atoms with Crippen molar-refractivity contribution in [2.24, 2.45) is 0 Å². The van der Waals surface area contributed by atoms with E-state index >= 15 is 0 Å². The highest BCUT2D eigenvalue weighted by atomic mass is 35.5. The number of carbonyl (C=O) groups excluding carboxylic acids is 1. The van der Waals surface area contributed by atoms with E-state index in [0.717, 1.165) is 0 Å². The average Bonchev–Trinajstić information content (AvgIpc) is 2.29. The second kappa shape index (κ2) is 6.92. The number of rotatable bonds is 4. The Labute approximate surface area is 124 Å². The highest BCUT2D eigenvalue weighted by molar-refractivity contribution is 6.33. The van der Waals surface area contributed by atoms with Gasteiger partial charge in [-0.2, -0.15) is 0 Å². The lowest BCUT2D eigenvalue weighted by molar-refractivity contribution is 0.0636. The van der Waals surface area contributed by atoms with E-state index in [0.29, 0.717) is 22.8 Å². The van der Waals surface area contributed by atoms with Gasteiger partial charge in [0.25, 0.3) is 0 Å². The van der Waals surface area contributed by atoms with E-state index in [2.05, 4.69) is 10.6 Å². The Morgan fingerprint density at radius 1 is 1.45 bits per heavy atom. The van der Waals surface area contributed by atoms with E-state index < -0.39 is 17.8 Å². The summed E-state index contributed by atoms with van der Waals surface area (Å²) in [6.45, 7) is 5.75. The van der Waals surface area contributed by atoms with Crippen molar-refractivity contribution >= 4 is 23.4 Å². The summed E-state index contributed by atoms with van der Waals surface area (Å²) in [5.41, 5.74) is 0.489. The van der Waals surface area contributed by atoms with Crippen LogP contribution in [0.2, 0.25) is 5.02 Å². The standard InChI is InChI=1S/C14H21ClN2O3/c1-14(2,3)20-13(19)17-11-7-9(5-6-10(11)15)12(18)8-16-4/h5-7,12,16,18H,8H2,1-4H3,(H,17,19). The Kier molecular flexibility index (Phi) is 5.80. The lowest BCUT2D eigenvalue weighted by Gasteiger charge is -2.20. The van der Waals surface area contributed by atoms with Crippen molar-refractivity contribution in [3.63, 3.8) is 0 Å². The van der Waals surface area contributed by atoms with Gasteiger partial charge in [0.1, 0.15) is 5.60 Å². The molecular formula is C14H21ClN2O3. The van der Waals surface area contributed by atoms with Crippen molar-refractivity contribution in [3.05, 3.63) is 28.8 Å². The van der Waals surface area contributed by atoms with Crippen LogP contribution in [0.1, 0.15) is 32.4 Å². The molecule has 0 fully saturated rings. The Morgan fingerprint density at radius 3 is 2.65 bits per heavy atom. The van der Waals surface area contributed by atoms with E-state index in [1.165, 1.54) is 0 Å². The van der Waals surface area contributed by atoms with Gasteiger partial charge in [0.05, 0.1) is 16.8 Å². The van der Waals surface area contributed by atoms with Gasteiger partial charge in [-0.1, -0.05) is 17.7 Å². The number of aliphatic hydroxyl groups is 1. The fraction of sp³-hybridized carbons (Fsp3) is 0.500. The summed E-state index contributed by atoms with van der Waals surface area (Å²) < 4.78 is 5.16. The van der Waals surface area contributed by atoms with Gasteiger partial charge in [-0.3, -0.25) is 5.32 Å². The normalized spacial score (nSPS) is 12.9. The number of hydrogen-bond acceptors (Lipinski definition) is 4. The molecule has 112 valence electrons. The first kappa shape index (κ1) is 16.8. The van der Waals surface area contributed by atoms with Crippen LogP contribution in [0.4, 0.5) is 10.5 Å². The van der Waals surface area contributed by atoms with Crippen LogP contribution in [-0.4, -0.2) is 30.4 Å². The van der Waals surface area contributed by atoms with Crippen molar-refractivity contribution in [3.8, 4) is 0 Å². The molecule has 1 aromatic rings. The minimum atomic E-state index is -0.670. The van der Waals surface area contributed by atoms with Crippen molar-refractivity contribution in [1.82, 2.24) is 5.32 Å². The summed E-state index contributed by atoms with van der Waals surface area (Å²) in [6, 6.07) is 4.97. The summed E-state index contributed by atoms with van der Waals surface area (Å²) in [6.07, 6.45) is -1.25. The summed E-state index contributed by atoms with van der Waals surface area (Å²) in [5, 5.41) is 15.7. The van der Waals surface area contributed by atoms with Crippen LogP contribution in [0.3, 0.4) is 0 Å². The average molecular weight is 301 g/mol. The Balaban J connectivity index is 2.84. The van der Waals surface area contributed by atoms with Gasteiger partial charge in [-0.05, 0) is 45.5 Å². The monoisotopic (exact) mass is 300 g/mol. The summed E-state index contributed by atoms with van der Waals surface area (Å²) in [5.74, 6) is 0.